The molecule has 0 spiro atoms. The van der Waals surface area contributed by atoms with Crippen LogP contribution in [0.4, 0.5) is 0 Å². The van der Waals surface area contributed by atoms with Crippen molar-refractivity contribution >= 4 is 23.2 Å². The first-order valence-electron chi connectivity index (χ1n) is 10.6. The molecular formula is C27H28N2O. The number of imidazole rings is 1. The van der Waals surface area contributed by atoms with Crippen LogP contribution in [0.15, 0.2) is 72.8 Å². The Morgan fingerprint density at radius 1 is 0.833 bits per heavy atom. The first-order valence-corrected chi connectivity index (χ1v) is 10.6. The molecule has 0 aliphatic carbocycles. The van der Waals surface area contributed by atoms with Gasteiger partial charge in [-0.3, -0.25) is 0 Å². The maximum atomic E-state index is 6.02. The average molecular weight is 397 g/mol. The minimum absolute atomic E-state index is 0.728. The van der Waals surface area contributed by atoms with Crippen LogP contribution in [-0.4, -0.2) is 16.2 Å². The van der Waals surface area contributed by atoms with E-state index in [9.17, 15) is 0 Å². The molecule has 30 heavy (non-hydrogen) atoms. The van der Waals surface area contributed by atoms with Crippen molar-refractivity contribution < 1.29 is 4.74 Å². The highest BCUT2D eigenvalue weighted by Gasteiger charge is 2.08. The Kier molecular flexibility index (Phi) is 6.29. The molecule has 1 heterocycles. The van der Waals surface area contributed by atoms with E-state index in [-0.39, 0.29) is 0 Å². The number of fused-ring (bicyclic) bond motifs is 1. The van der Waals surface area contributed by atoms with Crippen LogP contribution in [0.25, 0.3) is 23.2 Å². The summed E-state index contributed by atoms with van der Waals surface area (Å²) in [5.74, 6) is 1.99. The molecule has 152 valence electrons. The van der Waals surface area contributed by atoms with Crippen molar-refractivity contribution in [1.82, 2.24) is 9.55 Å². The van der Waals surface area contributed by atoms with Crippen LogP contribution in [0.5, 0.6) is 5.75 Å². The van der Waals surface area contributed by atoms with Crippen molar-refractivity contribution in [2.45, 2.75) is 33.2 Å². The molecule has 0 atom stereocenters. The Morgan fingerprint density at radius 3 is 2.50 bits per heavy atom. The Bertz CT molecular complexity index is 1140. The van der Waals surface area contributed by atoms with Gasteiger partial charge in [0.15, 0.2) is 0 Å². The third-order valence-corrected chi connectivity index (χ3v) is 5.50. The Hall–Kier alpha value is -3.33. The summed E-state index contributed by atoms with van der Waals surface area (Å²) in [5, 5.41) is 0. The van der Waals surface area contributed by atoms with E-state index in [4.69, 9.17) is 9.72 Å². The highest BCUT2D eigenvalue weighted by Crippen LogP contribution is 2.22. The molecule has 3 heteroatoms. The number of rotatable bonds is 8. The van der Waals surface area contributed by atoms with E-state index >= 15 is 0 Å². The Morgan fingerprint density at radius 2 is 1.63 bits per heavy atom. The molecule has 0 aliphatic heterocycles. The minimum atomic E-state index is 0.728. The van der Waals surface area contributed by atoms with E-state index in [1.807, 2.05) is 12.1 Å². The quantitative estimate of drug-likeness (QED) is 0.311. The van der Waals surface area contributed by atoms with Gasteiger partial charge in [0.1, 0.15) is 11.6 Å². The highest BCUT2D eigenvalue weighted by molar-refractivity contribution is 5.79. The van der Waals surface area contributed by atoms with Gasteiger partial charge in [0.25, 0.3) is 0 Å². The van der Waals surface area contributed by atoms with Gasteiger partial charge in [-0.05, 0) is 67.7 Å². The Balaban J connectivity index is 1.43. The van der Waals surface area contributed by atoms with Gasteiger partial charge in [-0.15, -0.1) is 0 Å². The molecule has 0 saturated carbocycles. The van der Waals surface area contributed by atoms with Crippen molar-refractivity contribution in [3.05, 3.63) is 95.3 Å². The molecule has 4 rings (SSSR count). The maximum Gasteiger partial charge on any atom is 0.133 e. The zero-order valence-corrected chi connectivity index (χ0v) is 17.7. The second-order valence-electron chi connectivity index (χ2n) is 7.61. The van der Waals surface area contributed by atoms with Crippen molar-refractivity contribution in [3.63, 3.8) is 0 Å². The summed E-state index contributed by atoms with van der Waals surface area (Å²) >= 11 is 0. The van der Waals surface area contributed by atoms with Crippen LogP contribution in [0.2, 0.25) is 0 Å². The Labute approximate surface area is 178 Å². The predicted octanol–water partition coefficient (Wildman–Crippen LogP) is 6.68. The lowest BCUT2D eigenvalue weighted by Gasteiger charge is -2.11. The van der Waals surface area contributed by atoms with E-state index in [0.717, 1.165) is 43.1 Å². The SMILES string of the molecule is Cc1cccc(OCCCCn2c(/C=C/c3ccccc3)nc3ccccc32)c1C. The van der Waals surface area contributed by atoms with Crippen LogP contribution in [0, 0.1) is 13.8 Å². The zero-order chi connectivity index (χ0) is 20.8. The number of para-hydroxylation sites is 2. The molecule has 0 amide bonds. The van der Waals surface area contributed by atoms with Gasteiger partial charge < -0.3 is 9.30 Å². The molecule has 0 unspecified atom stereocenters. The minimum Gasteiger partial charge on any atom is -0.493 e. The normalized spacial score (nSPS) is 11.4. The zero-order valence-electron chi connectivity index (χ0n) is 17.7. The van der Waals surface area contributed by atoms with Crippen LogP contribution < -0.4 is 4.74 Å². The lowest BCUT2D eigenvalue weighted by atomic mass is 10.1. The summed E-state index contributed by atoms with van der Waals surface area (Å²) in [6, 6.07) is 24.9. The summed E-state index contributed by atoms with van der Waals surface area (Å²) in [6.07, 6.45) is 6.28. The number of unbranched alkanes of at least 4 members (excludes halogenated alkanes) is 1. The number of aromatic nitrogens is 2. The van der Waals surface area contributed by atoms with E-state index < -0.39 is 0 Å². The molecule has 4 aromatic rings. The molecule has 0 N–H and O–H groups in total. The summed E-state index contributed by atoms with van der Waals surface area (Å²) in [6.45, 7) is 5.89. The van der Waals surface area contributed by atoms with Crippen molar-refractivity contribution in [2.75, 3.05) is 6.61 Å². The molecular weight excluding hydrogens is 368 g/mol. The maximum absolute atomic E-state index is 6.02. The second-order valence-corrected chi connectivity index (χ2v) is 7.61. The average Bonchev–Trinajstić information content (AvgIpc) is 3.13. The number of aryl methyl sites for hydroxylation is 2. The fraction of sp³-hybridized carbons (Fsp3) is 0.222. The fourth-order valence-corrected chi connectivity index (χ4v) is 3.63. The van der Waals surface area contributed by atoms with E-state index in [1.165, 1.54) is 22.2 Å². The van der Waals surface area contributed by atoms with Crippen LogP contribution in [-0.2, 0) is 6.54 Å². The fourth-order valence-electron chi connectivity index (χ4n) is 3.63. The van der Waals surface area contributed by atoms with E-state index in [2.05, 4.69) is 91.2 Å². The van der Waals surface area contributed by atoms with Crippen LogP contribution in [0.3, 0.4) is 0 Å². The second kappa shape index (κ2) is 9.45. The molecule has 3 aromatic carbocycles. The summed E-state index contributed by atoms with van der Waals surface area (Å²) in [7, 11) is 0. The largest absolute Gasteiger partial charge is 0.493 e. The van der Waals surface area contributed by atoms with Crippen LogP contribution in [0.1, 0.15) is 35.4 Å². The third-order valence-electron chi connectivity index (χ3n) is 5.50. The van der Waals surface area contributed by atoms with Crippen LogP contribution >= 0.6 is 0 Å². The number of hydrogen-bond donors (Lipinski definition) is 0. The van der Waals surface area contributed by atoms with E-state index in [0.29, 0.717) is 0 Å². The molecule has 3 nitrogen and oxygen atoms in total. The monoisotopic (exact) mass is 396 g/mol. The van der Waals surface area contributed by atoms with Gasteiger partial charge in [-0.2, -0.15) is 0 Å². The highest BCUT2D eigenvalue weighted by atomic mass is 16.5. The topological polar surface area (TPSA) is 27.1 Å². The number of hydrogen-bond acceptors (Lipinski definition) is 2. The lowest BCUT2D eigenvalue weighted by Crippen LogP contribution is -2.04. The molecule has 0 radical (unpaired) electrons. The number of benzene rings is 3. The van der Waals surface area contributed by atoms with E-state index in [1.54, 1.807) is 0 Å². The van der Waals surface area contributed by atoms with Crippen molar-refractivity contribution in [3.8, 4) is 5.75 Å². The van der Waals surface area contributed by atoms with Crippen molar-refractivity contribution in [1.29, 1.82) is 0 Å². The first-order chi connectivity index (χ1) is 14.7. The van der Waals surface area contributed by atoms with Gasteiger partial charge in [0, 0.05) is 6.54 Å². The molecule has 0 aliphatic rings. The standard InChI is InChI=1S/C27H28N2O/c1-21-11-10-16-26(22(21)2)30-20-9-8-19-29-25-15-7-6-14-24(25)28-27(29)18-17-23-12-4-3-5-13-23/h3-7,10-18H,8-9,19-20H2,1-2H3/b18-17+. The van der Waals surface area contributed by atoms with Gasteiger partial charge in [0.2, 0.25) is 0 Å². The van der Waals surface area contributed by atoms with Gasteiger partial charge in [-0.25, -0.2) is 4.98 Å². The third kappa shape index (κ3) is 4.62. The van der Waals surface area contributed by atoms with Gasteiger partial charge in [-0.1, -0.05) is 60.7 Å². The molecule has 0 fully saturated rings. The van der Waals surface area contributed by atoms with Gasteiger partial charge >= 0.3 is 0 Å². The van der Waals surface area contributed by atoms with Gasteiger partial charge in [0.05, 0.1) is 17.6 Å². The van der Waals surface area contributed by atoms with Crippen molar-refractivity contribution in [2.24, 2.45) is 0 Å². The number of ether oxygens (including phenoxy) is 1. The number of nitrogens with zero attached hydrogens (tertiary/aromatic N) is 2. The molecule has 0 saturated heterocycles. The lowest BCUT2D eigenvalue weighted by molar-refractivity contribution is 0.301. The summed E-state index contributed by atoms with van der Waals surface area (Å²) in [5.41, 5.74) is 5.90. The smallest absolute Gasteiger partial charge is 0.133 e. The predicted molar refractivity (Wildman–Crippen MR) is 126 cm³/mol. The molecule has 1 aromatic heterocycles. The molecule has 0 bridgehead atoms. The first kappa shape index (κ1) is 20.0. The summed E-state index contributed by atoms with van der Waals surface area (Å²) < 4.78 is 8.33. The summed E-state index contributed by atoms with van der Waals surface area (Å²) in [4.78, 5) is 4.84.